The molecule has 0 aromatic heterocycles. The van der Waals surface area contributed by atoms with Crippen molar-refractivity contribution in [1.29, 1.82) is 0 Å². The van der Waals surface area contributed by atoms with Crippen molar-refractivity contribution in [2.45, 2.75) is 29.8 Å². The minimum atomic E-state index is -4.08. The average Bonchev–Trinajstić information content (AvgIpc) is 2.66. The molecule has 0 saturated heterocycles. The lowest BCUT2D eigenvalue weighted by Crippen LogP contribution is -2.43. The van der Waals surface area contributed by atoms with Gasteiger partial charge < -0.3 is 14.6 Å². The number of methoxy groups -OCH3 is 2. The van der Waals surface area contributed by atoms with Crippen LogP contribution in [0, 0.1) is 5.82 Å². The van der Waals surface area contributed by atoms with Gasteiger partial charge in [0, 0.05) is 6.54 Å². The number of hydrogen-bond acceptors (Lipinski definition) is 5. The lowest BCUT2D eigenvalue weighted by Gasteiger charge is -2.34. The van der Waals surface area contributed by atoms with Crippen LogP contribution in [0.2, 0.25) is 0 Å². The van der Waals surface area contributed by atoms with Crippen LogP contribution >= 0.6 is 0 Å². The molecular formula is C19H22FNO5S. The lowest BCUT2D eigenvalue weighted by molar-refractivity contribution is 0.0242. The smallest absolute Gasteiger partial charge is 0.244 e. The molecule has 0 bridgehead atoms. The summed E-state index contributed by atoms with van der Waals surface area (Å²) in [7, 11) is -1.20. The molecule has 8 heteroatoms. The fourth-order valence-electron chi connectivity index (χ4n) is 3.40. The molecule has 1 aliphatic carbocycles. The Balaban J connectivity index is 1.88. The number of sulfonamides is 1. The minimum Gasteiger partial charge on any atom is -0.497 e. The molecule has 3 rings (SSSR count). The van der Waals surface area contributed by atoms with Crippen LogP contribution in [0.4, 0.5) is 4.39 Å². The number of aryl methyl sites for hydroxylation is 1. The zero-order valence-electron chi connectivity index (χ0n) is 15.2. The molecule has 2 aromatic rings. The molecule has 27 heavy (non-hydrogen) atoms. The third kappa shape index (κ3) is 3.92. The number of hydrogen-bond donors (Lipinski definition) is 2. The zero-order chi connectivity index (χ0) is 19.7. The Kier molecular flexibility index (Phi) is 5.41. The van der Waals surface area contributed by atoms with E-state index in [2.05, 4.69) is 4.72 Å². The van der Waals surface area contributed by atoms with E-state index in [1.807, 2.05) is 6.07 Å². The highest BCUT2D eigenvalue weighted by Gasteiger charge is 2.36. The van der Waals surface area contributed by atoms with Crippen molar-refractivity contribution < 1.29 is 27.4 Å². The van der Waals surface area contributed by atoms with Gasteiger partial charge in [-0.2, -0.15) is 0 Å². The molecule has 6 nitrogen and oxygen atoms in total. The first-order valence-corrected chi connectivity index (χ1v) is 10.0. The molecule has 1 atom stereocenters. The average molecular weight is 395 g/mol. The van der Waals surface area contributed by atoms with E-state index in [0.29, 0.717) is 24.2 Å². The fraction of sp³-hybridized carbons (Fsp3) is 0.368. The van der Waals surface area contributed by atoms with Gasteiger partial charge in [0.25, 0.3) is 0 Å². The second kappa shape index (κ2) is 7.46. The van der Waals surface area contributed by atoms with E-state index in [9.17, 15) is 17.9 Å². The summed E-state index contributed by atoms with van der Waals surface area (Å²) in [6.07, 6.45) is 1.90. The van der Waals surface area contributed by atoms with Gasteiger partial charge >= 0.3 is 0 Å². The van der Waals surface area contributed by atoms with Crippen LogP contribution in [0.5, 0.6) is 11.5 Å². The van der Waals surface area contributed by atoms with E-state index in [4.69, 9.17) is 9.47 Å². The summed E-state index contributed by atoms with van der Waals surface area (Å²) in [5.41, 5.74) is 0.238. The third-order valence-electron chi connectivity index (χ3n) is 4.82. The van der Waals surface area contributed by atoms with Crippen molar-refractivity contribution in [3.8, 4) is 11.5 Å². The van der Waals surface area contributed by atoms with Crippen molar-refractivity contribution in [3.63, 3.8) is 0 Å². The molecule has 0 fully saturated rings. The maximum atomic E-state index is 13.5. The van der Waals surface area contributed by atoms with Gasteiger partial charge in [-0.05, 0) is 60.7 Å². The predicted octanol–water partition coefficient (Wildman–Crippen LogP) is 2.35. The van der Waals surface area contributed by atoms with Crippen LogP contribution in [-0.2, 0) is 22.0 Å². The second-order valence-corrected chi connectivity index (χ2v) is 8.26. The Labute approximate surface area is 158 Å². The van der Waals surface area contributed by atoms with Crippen LogP contribution in [-0.4, -0.2) is 34.3 Å². The van der Waals surface area contributed by atoms with Crippen molar-refractivity contribution in [1.82, 2.24) is 4.72 Å². The molecule has 0 amide bonds. The molecule has 0 heterocycles. The normalized spacial score (nSPS) is 19.4. The van der Waals surface area contributed by atoms with E-state index in [-0.39, 0.29) is 17.2 Å². The van der Waals surface area contributed by atoms with Crippen LogP contribution in [0.15, 0.2) is 41.3 Å². The monoisotopic (exact) mass is 395 g/mol. The molecule has 0 saturated carbocycles. The fourth-order valence-corrected chi connectivity index (χ4v) is 4.67. The molecule has 0 radical (unpaired) electrons. The first-order valence-electron chi connectivity index (χ1n) is 8.52. The van der Waals surface area contributed by atoms with Gasteiger partial charge in [-0.15, -0.1) is 0 Å². The van der Waals surface area contributed by atoms with Gasteiger partial charge in [0.05, 0.1) is 14.2 Å². The van der Waals surface area contributed by atoms with Gasteiger partial charge in [0.2, 0.25) is 10.0 Å². The van der Waals surface area contributed by atoms with Crippen molar-refractivity contribution >= 4 is 10.0 Å². The largest absolute Gasteiger partial charge is 0.497 e. The Bertz CT molecular complexity index is 947. The Hall–Kier alpha value is -2.16. The summed E-state index contributed by atoms with van der Waals surface area (Å²) in [6, 6.07) is 8.61. The molecule has 146 valence electrons. The summed E-state index contributed by atoms with van der Waals surface area (Å²) in [5, 5.41) is 11.1. The minimum absolute atomic E-state index is 0.0321. The number of halogens is 1. The summed E-state index contributed by atoms with van der Waals surface area (Å²) in [4.78, 5) is -0.306. The quantitative estimate of drug-likeness (QED) is 0.784. The van der Waals surface area contributed by atoms with Crippen molar-refractivity contribution in [3.05, 3.63) is 53.3 Å². The Morgan fingerprint density at radius 2 is 1.96 bits per heavy atom. The summed E-state index contributed by atoms with van der Waals surface area (Å²) in [6.45, 7) is -0.228. The summed E-state index contributed by atoms with van der Waals surface area (Å²) < 4.78 is 51.5. The van der Waals surface area contributed by atoms with Gasteiger partial charge in [-0.25, -0.2) is 17.5 Å². The first kappa shape index (κ1) is 19.6. The number of benzene rings is 2. The second-order valence-electron chi connectivity index (χ2n) is 6.53. The number of aliphatic hydroxyl groups is 1. The Morgan fingerprint density at radius 3 is 2.67 bits per heavy atom. The van der Waals surface area contributed by atoms with E-state index in [1.165, 1.54) is 13.2 Å². The van der Waals surface area contributed by atoms with E-state index in [1.54, 1.807) is 19.2 Å². The van der Waals surface area contributed by atoms with Crippen LogP contribution in [0.25, 0.3) is 0 Å². The van der Waals surface area contributed by atoms with Crippen LogP contribution in [0.1, 0.15) is 24.0 Å². The molecule has 0 spiro atoms. The highest BCUT2D eigenvalue weighted by molar-refractivity contribution is 7.89. The van der Waals surface area contributed by atoms with Gasteiger partial charge in [0.1, 0.15) is 27.8 Å². The Morgan fingerprint density at radius 1 is 1.19 bits per heavy atom. The topological polar surface area (TPSA) is 84.9 Å². The number of rotatable bonds is 6. The summed E-state index contributed by atoms with van der Waals surface area (Å²) in [5.74, 6) is 0.0257. The van der Waals surface area contributed by atoms with Crippen LogP contribution < -0.4 is 14.2 Å². The molecule has 0 unspecified atom stereocenters. The molecule has 2 aromatic carbocycles. The molecule has 1 aliphatic rings. The lowest BCUT2D eigenvalue weighted by atomic mass is 9.79. The molecule has 2 N–H and O–H groups in total. The van der Waals surface area contributed by atoms with E-state index < -0.39 is 21.4 Å². The highest BCUT2D eigenvalue weighted by atomic mass is 32.2. The summed E-state index contributed by atoms with van der Waals surface area (Å²) >= 11 is 0. The number of nitrogens with one attached hydrogen (secondary N) is 1. The third-order valence-corrected chi connectivity index (χ3v) is 6.24. The zero-order valence-corrected chi connectivity index (χ0v) is 16.0. The number of fused-ring (bicyclic) bond motifs is 1. The predicted molar refractivity (Wildman–Crippen MR) is 98.0 cm³/mol. The maximum Gasteiger partial charge on any atom is 0.244 e. The highest BCUT2D eigenvalue weighted by Crippen LogP contribution is 2.37. The number of ether oxygens (including phenoxy) is 2. The van der Waals surface area contributed by atoms with Gasteiger partial charge in [0.15, 0.2) is 0 Å². The van der Waals surface area contributed by atoms with E-state index in [0.717, 1.165) is 24.1 Å². The van der Waals surface area contributed by atoms with E-state index >= 15 is 0 Å². The van der Waals surface area contributed by atoms with Crippen molar-refractivity contribution in [2.24, 2.45) is 0 Å². The van der Waals surface area contributed by atoms with Crippen LogP contribution in [0.3, 0.4) is 0 Å². The first-order chi connectivity index (χ1) is 12.8. The van der Waals surface area contributed by atoms with Crippen molar-refractivity contribution in [2.75, 3.05) is 20.8 Å². The maximum absolute atomic E-state index is 13.5. The molecular weight excluding hydrogens is 373 g/mol. The molecule has 0 aliphatic heterocycles. The van der Waals surface area contributed by atoms with Gasteiger partial charge in [-0.1, -0.05) is 6.07 Å². The standard InChI is InChI=1S/C19H22FNO5S/c1-25-15-6-7-16-13(10-15)4-3-9-19(16,22)12-21-27(23,24)18-11-14(20)5-8-17(18)26-2/h5-8,10-11,21-22H,3-4,9,12H2,1-2H3/t19-/m1/s1. The SMILES string of the molecule is COc1ccc2c(c1)CCC[C@@]2(O)CNS(=O)(=O)c1cc(F)ccc1OC. The van der Waals surface area contributed by atoms with Gasteiger partial charge in [-0.3, -0.25) is 0 Å².